The summed E-state index contributed by atoms with van der Waals surface area (Å²) in [5, 5.41) is 11.8. The van der Waals surface area contributed by atoms with E-state index in [-0.39, 0.29) is 18.2 Å². The number of thioether (sulfide) groups is 1. The van der Waals surface area contributed by atoms with Crippen LogP contribution in [0.15, 0.2) is 47.5 Å². The predicted molar refractivity (Wildman–Crippen MR) is 120 cm³/mol. The van der Waals surface area contributed by atoms with E-state index in [1.165, 1.54) is 11.8 Å². The first-order valence-corrected chi connectivity index (χ1v) is 10.5. The number of nitriles is 1. The van der Waals surface area contributed by atoms with Gasteiger partial charge >= 0.3 is 0 Å². The summed E-state index contributed by atoms with van der Waals surface area (Å²) in [6, 6.07) is 14.0. The van der Waals surface area contributed by atoms with Crippen molar-refractivity contribution >= 4 is 40.1 Å². The summed E-state index contributed by atoms with van der Waals surface area (Å²) in [6.07, 6.45) is -0.0337. The lowest BCUT2D eigenvalue weighted by atomic mass is 10.2. The fraction of sp³-hybridized carbons (Fsp3) is 0.273. The fourth-order valence-corrected chi connectivity index (χ4v) is 4.28. The van der Waals surface area contributed by atoms with Gasteiger partial charge in [-0.3, -0.25) is 14.5 Å². The molecule has 31 heavy (non-hydrogen) atoms. The minimum atomic E-state index is -0.607. The highest BCUT2D eigenvalue weighted by Gasteiger charge is 2.38. The monoisotopic (exact) mass is 438 g/mol. The molecule has 160 valence electrons. The summed E-state index contributed by atoms with van der Waals surface area (Å²) in [7, 11) is 3.10. The second-order valence-electron chi connectivity index (χ2n) is 6.53. The third-order valence-corrected chi connectivity index (χ3v) is 5.81. The molecular weight excluding hydrogens is 416 g/mol. The number of rotatable bonds is 7. The Labute approximate surface area is 184 Å². The van der Waals surface area contributed by atoms with Crippen LogP contribution in [0.2, 0.25) is 0 Å². The normalized spacial score (nSPS) is 16.8. The highest BCUT2D eigenvalue weighted by atomic mass is 32.2. The zero-order chi connectivity index (χ0) is 22.4. The molecular formula is C22H22N4O4S. The topological polar surface area (TPSA) is 104 Å². The molecule has 8 nitrogen and oxygen atoms in total. The second kappa shape index (κ2) is 10.00. The minimum Gasteiger partial charge on any atom is -0.497 e. The van der Waals surface area contributed by atoms with Crippen LogP contribution in [0.4, 0.5) is 11.4 Å². The maximum absolute atomic E-state index is 12.9. The Balaban J connectivity index is 1.79. The predicted octanol–water partition coefficient (Wildman–Crippen LogP) is 3.56. The van der Waals surface area contributed by atoms with Crippen LogP contribution in [0.25, 0.3) is 0 Å². The average Bonchev–Trinajstić information content (AvgIpc) is 3.07. The highest BCUT2D eigenvalue weighted by molar-refractivity contribution is 8.15. The molecule has 0 spiro atoms. The standard InChI is InChI=1S/C22H22N4O4S/c1-4-26-21(28)19(12-20(27)24-16-8-6-5-7-14(16)13-23)31-22(26)25-17-11-15(29-2)9-10-18(17)30-3/h5-11,19H,4,12H2,1-3H3,(H,24,27). The summed E-state index contributed by atoms with van der Waals surface area (Å²) in [5.41, 5.74) is 1.32. The van der Waals surface area contributed by atoms with Gasteiger partial charge in [-0.2, -0.15) is 5.26 Å². The highest BCUT2D eigenvalue weighted by Crippen LogP contribution is 2.36. The van der Waals surface area contributed by atoms with E-state index in [0.717, 1.165) is 0 Å². The average molecular weight is 439 g/mol. The number of hydrogen-bond donors (Lipinski definition) is 1. The Bertz CT molecular complexity index is 1060. The number of para-hydroxylation sites is 1. The zero-order valence-electron chi connectivity index (χ0n) is 17.4. The Hall–Kier alpha value is -3.51. The van der Waals surface area contributed by atoms with Crippen molar-refractivity contribution in [3.8, 4) is 17.6 Å². The number of nitrogens with one attached hydrogen (secondary N) is 1. The molecule has 1 heterocycles. The van der Waals surface area contributed by atoms with E-state index >= 15 is 0 Å². The lowest BCUT2D eigenvalue weighted by Crippen LogP contribution is -2.33. The van der Waals surface area contributed by atoms with Gasteiger partial charge in [-0.25, -0.2) is 4.99 Å². The number of nitrogens with zero attached hydrogens (tertiary/aromatic N) is 3. The van der Waals surface area contributed by atoms with Crippen molar-refractivity contribution in [3.63, 3.8) is 0 Å². The molecule has 1 fully saturated rings. The molecule has 9 heteroatoms. The van der Waals surface area contributed by atoms with Crippen molar-refractivity contribution in [2.45, 2.75) is 18.6 Å². The number of ether oxygens (including phenoxy) is 2. The van der Waals surface area contributed by atoms with Crippen molar-refractivity contribution in [2.24, 2.45) is 4.99 Å². The van der Waals surface area contributed by atoms with Crippen LogP contribution in [0.5, 0.6) is 11.5 Å². The van der Waals surface area contributed by atoms with Crippen molar-refractivity contribution in [1.29, 1.82) is 5.26 Å². The van der Waals surface area contributed by atoms with Crippen molar-refractivity contribution in [2.75, 3.05) is 26.1 Å². The first-order chi connectivity index (χ1) is 15.0. The van der Waals surface area contributed by atoms with Crippen LogP contribution in [0.1, 0.15) is 18.9 Å². The second-order valence-corrected chi connectivity index (χ2v) is 7.70. The Morgan fingerprint density at radius 1 is 1.26 bits per heavy atom. The first kappa shape index (κ1) is 22.2. The molecule has 1 atom stereocenters. The van der Waals surface area contributed by atoms with Crippen LogP contribution in [-0.2, 0) is 9.59 Å². The first-order valence-electron chi connectivity index (χ1n) is 9.58. The van der Waals surface area contributed by atoms with Crippen LogP contribution in [-0.4, -0.2) is 47.9 Å². The SMILES string of the molecule is CCN1C(=O)C(CC(=O)Nc2ccccc2C#N)SC1=Nc1cc(OC)ccc1OC. The largest absolute Gasteiger partial charge is 0.497 e. The van der Waals surface area contributed by atoms with E-state index in [1.54, 1.807) is 61.6 Å². The van der Waals surface area contributed by atoms with E-state index in [4.69, 9.17) is 9.47 Å². The van der Waals surface area contributed by atoms with Gasteiger partial charge in [0, 0.05) is 19.0 Å². The lowest BCUT2D eigenvalue weighted by molar-refractivity contribution is -0.128. The van der Waals surface area contributed by atoms with Crippen LogP contribution >= 0.6 is 11.8 Å². The molecule has 2 amide bonds. The van der Waals surface area contributed by atoms with E-state index in [9.17, 15) is 14.9 Å². The Kier molecular flexibility index (Phi) is 7.15. The molecule has 1 aliphatic heterocycles. The third kappa shape index (κ3) is 4.98. The van der Waals surface area contributed by atoms with Gasteiger partial charge in [0.15, 0.2) is 5.17 Å². The summed E-state index contributed by atoms with van der Waals surface area (Å²) < 4.78 is 10.6. The number of hydrogen-bond acceptors (Lipinski definition) is 7. The number of aliphatic imine (C=N–C) groups is 1. The van der Waals surface area contributed by atoms with E-state index in [1.807, 2.05) is 13.0 Å². The maximum Gasteiger partial charge on any atom is 0.242 e. The molecule has 0 bridgehead atoms. The van der Waals surface area contributed by atoms with Crippen LogP contribution < -0.4 is 14.8 Å². The molecule has 0 aliphatic carbocycles. The molecule has 0 saturated carbocycles. The van der Waals surface area contributed by atoms with Crippen molar-refractivity contribution in [1.82, 2.24) is 4.90 Å². The summed E-state index contributed by atoms with van der Waals surface area (Å²) in [4.78, 5) is 31.6. The Morgan fingerprint density at radius 3 is 2.71 bits per heavy atom. The molecule has 0 radical (unpaired) electrons. The van der Waals surface area contributed by atoms with Gasteiger partial charge in [0.1, 0.15) is 28.5 Å². The summed E-state index contributed by atoms with van der Waals surface area (Å²) in [6.45, 7) is 2.27. The van der Waals surface area contributed by atoms with Gasteiger partial charge in [-0.1, -0.05) is 23.9 Å². The number of amides is 2. The van der Waals surface area contributed by atoms with Crippen molar-refractivity contribution < 1.29 is 19.1 Å². The molecule has 1 N–H and O–H groups in total. The fourth-order valence-electron chi connectivity index (χ4n) is 3.06. The van der Waals surface area contributed by atoms with E-state index < -0.39 is 5.25 Å². The van der Waals surface area contributed by atoms with E-state index in [2.05, 4.69) is 10.3 Å². The van der Waals surface area contributed by atoms with Crippen LogP contribution in [0, 0.1) is 11.3 Å². The van der Waals surface area contributed by atoms with Gasteiger partial charge in [-0.05, 0) is 31.2 Å². The van der Waals surface area contributed by atoms with Gasteiger partial charge in [0.05, 0.1) is 25.5 Å². The number of methoxy groups -OCH3 is 2. The minimum absolute atomic E-state index is 0.0337. The molecule has 2 aromatic rings. The van der Waals surface area contributed by atoms with Gasteiger partial charge < -0.3 is 14.8 Å². The molecule has 1 aliphatic rings. The third-order valence-electron chi connectivity index (χ3n) is 4.63. The molecule has 3 rings (SSSR count). The molecule has 1 saturated heterocycles. The molecule has 2 aromatic carbocycles. The lowest BCUT2D eigenvalue weighted by Gasteiger charge is -2.14. The number of amidine groups is 1. The number of anilines is 1. The Morgan fingerprint density at radius 2 is 2.03 bits per heavy atom. The van der Waals surface area contributed by atoms with Crippen molar-refractivity contribution in [3.05, 3.63) is 48.0 Å². The summed E-state index contributed by atoms with van der Waals surface area (Å²) >= 11 is 1.23. The molecule has 0 aromatic heterocycles. The quantitative estimate of drug-likeness (QED) is 0.709. The number of carbonyl (C=O) groups is 2. The number of benzene rings is 2. The summed E-state index contributed by atoms with van der Waals surface area (Å²) in [5.74, 6) is 0.637. The van der Waals surface area contributed by atoms with Gasteiger partial charge in [-0.15, -0.1) is 0 Å². The van der Waals surface area contributed by atoms with Gasteiger partial charge in [0.2, 0.25) is 11.8 Å². The van der Waals surface area contributed by atoms with E-state index in [0.29, 0.717) is 40.1 Å². The maximum atomic E-state index is 12.9. The van der Waals surface area contributed by atoms with Gasteiger partial charge in [0.25, 0.3) is 0 Å². The van der Waals surface area contributed by atoms with Crippen LogP contribution in [0.3, 0.4) is 0 Å². The molecule has 1 unspecified atom stereocenters. The zero-order valence-corrected chi connectivity index (χ0v) is 18.2. The smallest absolute Gasteiger partial charge is 0.242 e. The number of carbonyl (C=O) groups excluding carboxylic acids is 2.